The van der Waals surface area contributed by atoms with Crippen LogP contribution in [0.4, 0.5) is 4.39 Å². The van der Waals surface area contributed by atoms with Gasteiger partial charge in [0.15, 0.2) is 0 Å². The fourth-order valence-corrected chi connectivity index (χ4v) is 5.95. The molecule has 0 aliphatic heterocycles. The topological polar surface area (TPSA) is 6.48 Å². The molecule has 2 nitrogen and oxygen atoms in total. The Bertz CT molecular complexity index is 1560. The summed E-state index contributed by atoms with van der Waals surface area (Å²) in [5, 5.41) is 2.56. The van der Waals surface area contributed by atoms with Gasteiger partial charge in [0.1, 0.15) is 5.82 Å². The molecule has 0 amide bonds. The summed E-state index contributed by atoms with van der Waals surface area (Å²) in [4.78, 5) is 4.66. The molecule has 0 aromatic heterocycles. The van der Waals surface area contributed by atoms with E-state index < -0.39 is 0 Å². The Morgan fingerprint density at radius 2 is 1.07 bits per heavy atom. The van der Waals surface area contributed by atoms with Crippen LogP contribution in [0.3, 0.4) is 0 Å². The van der Waals surface area contributed by atoms with Gasteiger partial charge < -0.3 is 9.80 Å². The lowest BCUT2D eigenvalue weighted by Crippen LogP contribution is -2.33. The second-order valence-electron chi connectivity index (χ2n) is 11.6. The third-order valence-corrected chi connectivity index (χ3v) is 8.36. The van der Waals surface area contributed by atoms with Gasteiger partial charge >= 0.3 is 0 Å². The van der Waals surface area contributed by atoms with E-state index in [1.165, 1.54) is 39.1 Å². The van der Waals surface area contributed by atoms with E-state index in [1.807, 2.05) is 6.07 Å². The summed E-state index contributed by atoms with van der Waals surface area (Å²) < 4.78 is 14.6. The van der Waals surface area contributed by atoms with Crippen LogP contribution in [0, 0.1) is 5.82 Å². The Balaban J connectivity index is 1.62. The van der Waals surface area contributed by atoms with E-state index in [2.05, 4.69) is 135 Å². The van der Waals surface area contributed by atoms with E-state index in [1.54, 1.807) is 6.07 Å². The Kier molecular flexibility index (Phi) is 9.28. The molecule has 0 aliphatic rings. The van der Waals surface area contributed by atoms with Crippen molar-refractivity contribution in [3.63, 3.8) is 0 Å². The summed E-state index contributed by atoms with van der Waals surface area (Å²) in [6.45, 7) is 0. The first-order chi connectivity index (χ1) is 19.9. The summed E-state index contributed by atoms with van der Waals surface area (Å²) in [7, 11) is 8.67. The van der Waals surface area contributed by atoms with Gasteiger partial charge in [-0.2, -0.15) is 0 Å². The van der Waals surface area contributed by atoms with Crippen molar-refractivity contribution in [2.24, 2.45) is 0 Å². The van der Waals surface area contributed by atoms with Gasteiger partial charge in [-0.25, -0.2) is 4.39 Å². The van der Waals surface area contributed by atoms with Gasteiger partial charge in [-0.15, -0.1) is 0 Å². The molecule has 0 radical (unpaired) electrons. The minimum Gasteiger partial charge on any atom is -0.306 e. The van der Waals surface area contributed by atoms with Crippen LogP contribution in [0.2, 0.25) is 0 Å². The Morgan fingerprint density at radius 3 is 1.63 bits per heavy atom. The number of nitrogens with zero attached hydrogens (tertiary/aromatic N) is 2. The summed E-state index contributed by atoms with van der Waals surface area (Å²) in [6.07, 6.45) is 3.70. The average molecular weight is 545 g/mol. The van der Waals surface area contributed by atoms with Crippen LogP contribution in [0.15, 0.2) is 115 Å². The van der Waals surface area contributed by atoms with Crippen LogP contribution in [0.1, 0.15) is 22.3 Å². The van der Waals surface area contributed by atoms with E-state index in [0.29, 0.717) is 12.1 Å². The molecule has 2 atom stereocenters. The van der Waals surface area contributed by atoms with Gasteiger partial charge in [0, 0.05) is 12.1 Å². The summed E-state index contributed by atoms with van der Waals surface area (Å²) in [6, 6.07) is 40.3. The van der Waals surface area contributed by atoms with Gasteiger partial charge in [0.2, 0.25) is 0 Å². The fourth-order valence-electron chi connectivity index (χ4n) is 5.95. The number of hydrogen-bond acceptors (Lipinski definition) is 2. The van der Waals surface area contributed by atoms with E-state index >= 15 is 0 Å². The molecule has 5 aromatic rings. The molecule has 2 unspecified atom stereocenters. The summed E-state index contributed by atoms with van der Waals surface area (Å²) in [5.41, 5.74) is 7.34. The summed E-state index contributed by atoms with van der Waals surface area (Å²) >= 11 is 0. The molecule has 0 fully saturated rings. The number of likely N-dealkylation sites (N-methyl/N-ethyl adjacent to an activating group) is 2. The van der Waals surface area contributed by atoms with Crippen molar-refractivity contribution < 1.29 is 4.39 Å². The Labute approximate surface area is 245 Å². The largest absolute Gasteiger partial charge is 0.306 e. The van der Waals surface area contributed by atoms with Gasteiger partial charge in [-0.1, -0.05) is 103 Å². The maximum atomic E-state index is 14.6. The first kappa shape index (κ1) is 28.7. The number of benzene rings is 5. The zero-order valence-electron chi connectivity index (χ0n) is 24.7. The van der Waals surface area contributed by atoms with Crippen molar-refractivity contribution in [2.75, 3.05) is 28.2 Å². The number of halogens is 1. The van der Waals surface area contributed by atoms with Crippen molar-refractivity contribution in [3.05, 3.63) is 143 Å². The van der Waals surface area contributed by atoms with Crippen LogP contribution in [0.25, 0.3) is 21.9 Å². The van der Waals surface area contributed by atoms with Crippen molar-refractivity contribution in [3.8, 4) is 11.1 Å². The number of hydrogen-bond donors (Lipinski definition) is 0. The molecule has 0 saturated carbocycles. The molecular weight excluding hydrogens is 503 g/mol. The van der Waals surface area contributed by atoms with Crippen LogP contribution in [-0.2, 0) is 25.7 Å². The second-order valence-corrected chi connectivity index (χ2v) is 11.6. The molecule has 0 spiro atoms. The van der Waals surface area contributed by atoms with E-state index in [4.69, 9.17) is 0 Å². The van der Waals surface area contributed by atoms with Crippen LogP contribution in [0.5, 0.6) is 0 Å². The van der Waals surface area contributed by atoms with Crippen molar-refractivity contribution in [2.45, 2.75) is 37.8 Å². The maximum absolute atomic E-state index is 14.6. The van der Waals surface area contributed by atoms with Crippen molar-refractivity contribution >= 4 is 10.8 Å². The zero-order valence-corrected chi connectivity index (χ0v) is 24.7. The predicted molar refractivity (Wildman–Crippen MR) is 172 cm³/mol. The van der Waals surface area contributed by atoms with Crippen LogP contribution < -0.4 is 0 Å². The highest BCUT2D eigenvalue weighted by atomic mass is 19.1. The van der Waals surface area contributed by atoms with E-state index in [9.17, 15) is 4.39 Å². The lowest BCUT2D eigenvalue weighted by Gasteiger charge is -2.29. The number of fused-ring (bicyclic) bond motifs is 1. The zero-order chi connectivity index (χ0) is 28.8. The van der Waals surface area contributed by atoms with Crippen LogP contribution in [-0.4, -0.2) is 50.1 Å². The molecule has 0 saturated heterocycles. The standard InChI is InChI=1S/C38H41FN2/c1-40(2)33(22-28-14-7-5-8-15-28)25-31-26-37(30-18-13-19-32(39)24-30)38(36-21-12-11-20-35(31)36)27-34(41(3)4)23-29-16-9-6-10-17-29/h5-21,24,26,33-34H,22-23,25,27H2,1-4H3. The lowest BCUT2D eigenvalue weighted by atomic mass is 9.84. The Morgan fingerprint density at radius 1 is 0.537 bits per heavy atom. The molecule has 0 heterocycles. The van der Waals surface area contributed by atoms with Gasteiger partial charge in [-0.05, 0) is 110 Å². The number of rotatable bonds is 11. The molecule has 5 rings (SSSR count). The molecule has 41 heavy (non-hydrogen) atoms. The Hall–Kier alpha value is -3.79. The maximum Gasteiger partial charge on any atom is 0.123 e. The van der Waals surface area contributed by atoms with Gasteiger partial charge in [0.25, 0.3) is 0 Å². The molecule has 0 bridgehead atoms. The summed E-state index contributed by atoms with van der Waals surface area (Å²) in [5.74, 6) is -0.202. The lowest BCUT2D eigenvalue weighted by molar-refractivity contribution is 0.289. The van der Waals surface area contributed by atoms with Gasteiger partial charge in [-0.3, -0.25) is 0 Å². The third kappa shape index (κ3) is 7.11. The van der Waals surface area contributed by atoms with Crippen molar-refractivity contribution in [1.29, 1.82) is 0 Å². The first-order valence-electron chi connectivity index (χ1n) is 14.6. The van der Waals surface area contributed by atoms with E-state index in [0.717, 1.165) is 36.8 Å². The fraction of sp³-hybridized carbons (Fsp3) is 0.263. The van der Waals surface area contributed by atoms with Gasteiger partial charge in [0.05, 0.1) is 0 Å². The molecule has 0 aliphatic carbocycles. The highest BCUT2D eigenvalue weighted by Crippen LogP contribution is 2.36. The highest BCUT2D eigenvalue weighted by Gasteiger charge is 2.22. The molecular formula is C38H41FN2. The minimum atomic E-state index is -0.202. The minimum absolute atomic E-state index is 0.202. The molecule has 210 valence electrons. The van der Waals surface area contributed by atoms with Crippen LogP contribution >= 0.6 is 0 Å². The molecule has 5 aromatic carbocycles. The highest BCUT2D eigenvalue weighted by molar-refractivity contribution is 5.94. The molecule has 3 heteroatoms. The molecule has 0 N–H and O–H groups in total. The van der Waals surface area contributed by atoms with E-state index in [-0.39, 0.29) is 5.82 Å². The van der Waals surface area contributed by atoms with Crippen molar-refractivity contribution in [1.82, 2.24) is 9.80 Å². The first-order valence-corrected chi connectivity index (χ1v) is 14.6. The normalized spacial score (nSPS) is 13.1. The quantitative estimate of drug-likeness (QED) is 0.166. The monoisotopic (exact) mass is 544 g/mol. The average Bonchev–Trinajstić information content (AvgIpc) is 2.98. The second kappa shape index (κ2) is 13.2. The smallest absolute Gasteiger partial charge is 0.123 e. The predicted octanol–water partition coefficient (Wildman–Crippen LogP) is 8.08. The SMILES string of the molecule is CN(C)C(Cc1ccccc1)Cc1cc(-c2cccc(F)c2)c(CC(Cc2ccccc2)N(C)C)c2ccccc12. The third-order valence-electron chi connectivity index (χ3n) is 8.36.